The van der Waals surface area contributed by atoms with Crippen molar-refractivity contribution in [3.05, 3.63) is 51.7 Å². The SMILES string of the molecule is Cc1cc(N)cnc1SNc1nc(-c2ccc(F)c(Cl)c2)c(C(=O)N(C)C)s1. The fourth-order valence-electron chi connectivity index (χ4n) is 2.33. The summed E-state index contributed by atoms with van der Waals surface area (Å²) in [4.78, 5) is 23.3. The van der Waals surface area contributed by atoms with Gasteiger partial charge in [0.15, 0.2) is 5.13 Å². The fraction of sp³-hybridized carbons (Fsp3) is 0.167. The van der Waals surface area contributed by atoms with Crippen molar-refractivity contribution >= 4 is 51.6 Å². The number of aryl methyl sites for hydroxylation is 1. The number of nitrogens with zero attached hydrogens (tertiary/aromatic N) is 3. The molecule has 0 aliphatic rings. The standard InChI is InChI=1S/C18H17ClFN5OS2/c1-9-6-11(21)8-22-16(9)28-24-18-23-14(15(27-18)17(26)25(2)3)10-4-5-13(20)12(19)7-10/h4-8H,21H2,1-3H3,(H,23,24). The normalized spacial score (nSPS) is 10.8. The molecule has 0 atom stereocenters. The summed E-state index contributed by atoms with van der Waals surface area (Å²) in [6.45, 7) is 1.90. The van der Waals surface area contributed by atoms with Gasteiger partial charge in [0, 0.05) is 31.6 Å². The molecule has 0 saturated heterocycles. The molecule has 1 aromatic carbocycles. The van der Waals surface area contributed by atoms with Crippen molar-refractivity contribution in [2.45, 2.75) is 11.9 Å². The average molecular weight is 438 g/mol. The Hall–Kier alpha value is -2.36. The minimum atomic E-state index is -0.528. The molecule has 0 aliphatic heterocycles. The summed E-state index contributed by atoms with van der Waals surface area (Å²) < 4.78 is 16.6. The maximum absolute atomic E-state index is 13.5. The first-order chi connectivity index (χ1) is 13.3. The van der Waals surface area contributed by atoms with E-state index in [0.29, 0.717) is 27.0 Å². The van der Waals surface area contributed by atoms with Crippen LogP contribution in [0.25, 0.3) is 11.3 Å². The second-order valence-corrected chi connectivity index (χ2v) is 8.32. The van der Waals surface area contributed by atoms with Gasteiger partial charge < -0.3 is 15.4 Å². The lowest BCUT2D eigenvalue weighted by molar-refractivity contribution is 0.0832. The Bertz CT molecular complexity index is 1040. The van der Waals surface area contributed by atoms with E-state index in [0.717, 1.165) is 10.6 Å². The molecule has 6 nitrogen and oxygen atoms in total. The smallest absolute Gasteiger partial charge is 0.265 e. The van der Waals surface area contributed by atoms with Gasteiger partial charge in [0.05, 0.1) is 22.6 Å². The number of nitrogens with two attached hydrogens (primary N) is 1. The molecule has 0 radical (unpaired) electrons. The van der Waals surface area contributed by atoms with Crippen LogP contribution in [0.1, 0.15) is 15.2 Å². The van der Waals surface area contributed by atoms with Crippen molar-refractivity contribution in [3.8, 4) is 11.3 Å². The molecular formula is C18H17ClFN5OS2. The molecule has 0 unspecified atom stereocenters. The average Bonchev–Trinajstić information content (AvgIpc) is 3.06. The lowest BCUT2D eigenvalue weighted by Crippen LogP contribution is -2.21. The molecule has 3 N–H and O–H groups in total. The molecular weight excluding hydrogens is 421 g/mol. The molecule has 0 aliphatic carbocycles. The third-order valence-electron chi connectivity index (χ3n) is 3.71. The van der Waals surface area contributed by atoms with Crippen LogP contribution in [-0.4, -0.2) is 34.9 Å². The summed E-state index contributed by atoms with van der Waals surface area (Å²) in [5.41, 5.74) is 8.24. The first-order valence-electron chi connectivity index (χ1n) is 8.09. The summed E-state index contributed by atoms with van der Waals surface area (Å²) in [7, 11) is 3.32. The first-order valence-corrected chi connectivity index (χ1v) is 10.1. The topological polar surface area (TPSA) is 84.1 Å². The van der Waals surface area contributed by atoms with E-state index in [2.05, 4.69) is 14.7 Å². The van der Waals surface area contributed by atoms with Crippen LogP contribution in [0.15, 0.2) is 35.5 Å². The third kappa shape index (κ3) is 4.37. The zero-order valence-corrected chi connectivity index (χ0v) is 17.7. The van der Waals surface area contributed by atoms with Gasteiger partial charge in [-0.1, -0.05) is 22.9 Å². The molecule has 3 rings (SSSR count). The molecule has 0 fully saturated rings. The number of halogens is 2. The van der Waals surface area contributed by atoms with Crippen LogP contribution in [0, 0.1) is 12.7 Å². The van der Waals surface area contributed by atoms with Gasteiger partial charge in [-0.25, -0.2) is 14.4 Å². The minimum absolute atomic E-state index is 0.0284. The highest BCUT2D eigenvalue weighted by molar-refractivity contribution is 8.00. The van der Waals surface area contributed by atoms with Crippen LogP contribution in [0.4, 0.5) is 15.2 Å². The summed E-state index contributed by atoms with van der Waals surface area (Å²) in [6.07, 6.45) is 1.58. The minimum Gasteiger partial charge on any atom is -0.397 e. The number of carbonyl (C=O) groups is 1. The number of carbonyl (C=O) groups excluding carboxylic acids is 1. The lowest BCUT2D eigenvalue weighted by atomic mass is 10.1. The number of anilines is 2. The van der Waals surface area contributed by atoms with Crippen LogP contribution in [-0.2, 0) is 0 Å². The zero-order chi connectivity index (χ0) is 20.4. The number of pyridine rings is 1. The monoisotopic (exact) mass is 437 g/mol. The van der Waals surface area contributed by atoms with Gasteiger partial charge in [0.1, 0.15) is 15.7 Å². The van der Waals surface area contributed by atoms with Crippen molar-refractivity contribution in [1.82, 2.24) is 14.9 Å². The maximum Gasteiger partial charge on any atom is 0.265 e. The van der Waals surface area contributed by atoms with E-state index in [4.69, 9.17) is 17.3 Å². The van der Waals surface area contributed by atoms with E-state index in [9.17, 15) is 9.18 Å². The molecule has 0 spiro atoms. The fourth-order valence-corrected chi connectivity index (χ4v) is 4.22. The highest BCUT2D eigenvalue weighted by Crippen LogP contribution is 2.35. The van der Waals surface area contributed by atoms with Gasteiger partial charge in [-0.2, -0.15) is 0 Å². The van der Waals surface area contributed by atoms with Crippen molar-refractivity contribution in [1.29, 1.82) is 0 Å². The number of aromatic nitrogens is 2. The van der Waals surface area contributed by atoms with Crippen molar-refractivity contribution in [3.63, 3.8) is 0 Å². The quantitative estimate of drug-likeness (QED) is 0.562. The predicted octanol–water partition coefficient (Wildman–Crippen LogP) is 4.71. The molecule has 2 heterocycles. The number of hydrogen-bond acceptors (Lipinski definition) is 7. The molecule has 146 valence electrons. The van der Waals surface area contributed by atoms with Gasteiger partial charge in [-0.15, -0.1) is 0 Å². The van der Waals surface area contributed by atoms with Gasteiger partial charge in [-0.3, -0.25) is 4.79 Å². The summed E-state index contributed by atoms with van der Waals surface area (Å²) in [5, 5.41) is 1.24. The third-order valence-corrected chi connectivity index (χ3v) is 6.00. The Kier molecular flexibility index (Phi) is 6.07. The van der Waals surface area contributed by atoms with Crippen molar-refractivity contribution < 1.29 is 9.18 Å². The number of hydrogen-bond donors (Lipinski definition) is 2. The summed E-state index contributed by atoms with van der Waals surface area (Å²) in [5.74, 6) is -0.729. The largest absolute Gasteiger partial charge is 0.397 e. The molecule has 3 aromatic rings. The Balaban J connectivity index is 1.94. The van der Waals surface area contributed by atoms with Crippen LogP contribution in [0.3, 0.4) is 0 Å². The Morgan fingerprint density at radius 2 is 2.11 bits per heavy atom. The second-order valence-electron chi connectivity index (χ2n) is 6.12. The van der Waals surface area contributed by atoms with Crippen molar-refractivity contribution in [2.75, 3.05) is 24.6 Å². The summed E-state index contributed by atoms with van der Waals surface area (Å²) in [6, 6.07) is 6.09. The number of rotatable bonds is 5. The van der Waals surface area contributed by atoms with Gasteiger partial charge in [0.25, 0.3) is 5.91 Å². The van der Waals surface area contributed by atoms with Gasteiger partial charge >= 0.3 is 0 Å². The number of nitrogens with one attached hydrogen (secondary N) is 1. The van der Waals surface area contributed by atoms with Gasteiger partial charge in [0.2, 0.25) is 0 Å². The van der Waals surface area contributed by atoms with E-state index >= 15 is 0 Å². The molecule has 0 saturated carbocycles. The maximum atomic E-state index is 13.5. The number of benzene rings is 1. The Morgan fingerprint density at radius 1 is 1.36 bits per heavy atom. The van der Waals surface area contributed by atoms with E-state index < -0.39 is 5.82 Å². The van der Waals surface area contributed by atoms with E-state index in [-0.39, 0.29) is 10.9 Å². The van der Waals surface area contributed by atoms with E-state index in [1.165, 1.54) is 40.3 Å². The highest BCUT2D eigenvalue weighted by atomic mass is 35.5. The molecule has 10 heteroatoms. The molecule has 28 heavy (non-hydrogen) atoms. The number of thiazole rings is 1. The number of nitrogen functional groups attached to an aromatic ring is 1. The van der Waals surface area contributed by atoms with Crippen molar-refractivity contribution in [2.24, 2.45) is 0 Å². The molecule has 1 amide bonds. The molecule has 2 aromatic heterocycles. The lowest BCUT2D eigenvalue weighted by Gasteiger charge is -2.09. The highest BCUT2D eigenvalue weighted by Gasteiger charge is 2.22. The van der Waals surface area contributed by atoms with Gasteiger partial charge in [-0.05, 0) is 36.8 Å². The predicted molar refractivity (Wildman–Crippen MR) is 113 cm³/mol. The van der Waals surface area contributed by atoms with Crippen LogP contribution in [0.2, 0.25) is 5.02 Å². The Labute approximate surface area is 175 Å². The number of amides is 1. The van der Waals surface area contributed by atoms with Crippen LogP contribution < -0.4 is 10.5 Å². The van der Waals surface area contributed by atoms with Crippen LogP contribution >= 0.6 is 34.9 Å². The zero-order valence-electron chi connectivity index (χ0n) is 15.3. The molecule has 0 bridgehead atoms. The van der Waals surface area contributed by atoms with Crippen LogP contribution in [0.5, 0.6) is 0 Å². The first kappa shape index (κ1) is 20.4. The van der Waals surface area contributed by atoms with E-state index in [1.807, 2.05) is 13.0 Å². The summed E-state index contributed by atoms with van der Waals surface area (Å²) >= 11 is 8.38. The second kappa shape index (κ2) is 8.34. The van der Waals surface area contributed by atoms with E-state index in [1.54, 1.807) is 26.4 Å². The Morgan fingerprint density at radius 3 is 2.75 bits per heavy atom.